The Morgan fingerprint density at radius 2 is 1.75 bits per heavy atom. The van der Waals surface area contributed by atoms with Crippen LogP contribution in [-0.2, 0) is 0 Å². The molecular formula is C12H16Cl2O2. The molecule has 90 valence electrons. The molecule has 0 aromatic heterocycles. The average Bonchev–Trinajstić information content (AvgIpc) is 2.25. The van der Waals surface area contributed by atoms with Crippen LogP contribution in [0, 0.1) is 0 Å². The fourth-order valence-electron chi connectivity index (χ4n) is 1.56. The van der Waals surface area contributed by atoms with Crippen LogP contribution in [0.2, 0.25) is 10.0 Å². The van der Waals surface area contributed by atoms with Crippen molar-refractivity contribution in [1.82, 2.24) is 0 Å². The number of hydrogen-bond acceptors (Lipinski definition) is 2. The Morgan fingerprint density at radius 3 is 2.25 bits per heavy atom. The van der Waals surface area contributed by atoms with Crippen molar-refractivity contribution in [1.29, 1.82) is 0 Å². The van der Waals surface area contributed by atoms with Crippen molar-refractivity contribution >= 4 is 23.2 Å². The van der Waals surface area contributed by atoms with E-state index in [0.717, 1.165) is 12.8 Å². The van der Waals surface area contributed by atoms with Crippen LogP contribution in [0.3, 0.4) is 0 Å². The van der Waals surface area contributed by atoms with Crippen molar-refractivity contribution in [2.45, 2.75) is 38.4 Å². The van der Waals surface area contributed by atoms with Gasteiger partial charge in [0.15, 0.2) is 0 Å². The standard InChI is InChI=1S/C12H16Cl2O2/c1-2-3-7-10(15)12(16)11-8(13)5-4-6-9(11)14/h4-6,10,12,15-16H,2-3,7H2,1H3/t10-,12+/m1/s1. The van der Waals surface area contributed by atoms with Crippen LogP contribution in [0.5, 0.6) is 0 Å². The van der Waals surface area contributed by atoms with Crippen LogP contribution in [0.15, 0.2) is 18.2 Å². The van der Waals surface area contributed by atoms with Crippen molar-refractivity contribution in [2.24, 2.45) is 0 Å². The minimum atomic E-state index is -1.02. The van der Waals surface area contributed by atoms with Crippen LogP contribution in [0.4, 0.5) is 0 Å². The molecule has 0 aliphatic heterocycles. The van der Waals surface area contributed by atoms with Crippen molar-refractivity contribution < 1.29 is 10.2 Å². The van der Waals surface area contributed by atoms with E-state index >= 15 is 0 Å². The largest absolute Gasteiger partial charge is 0.390 e. The third-order valence-electron chi connectivity index (χ3n) is 2.51. The van der Waals surface area contributed by atoms with E-state index in [9.17, 15) is 10.2 Å². The second kappa shape index (κ2) is 6.45. The molecule has 0 spiro atoms. The average molecular weight is 263 g/mol. The van der Waals surface area contributed by atoms with E-state index in [1.165, 1.54) is 0 Å². The van der Waals surface area contributed by atoms with Gasteiger partial charge in [0.1, 0.15) is 6.10 Å². The van der Waals surface area contributed by atoms with Gasteiger partial charge in [0.05, 0.1) is 6.10 Å². The predicted octanol–water partition coefficient (Wildman–Crippen LogP) is 3.58. The molecule has 0 heterocycles. The lowest BCUT2D eigenvalue weighted by Gasteiger charge is -2.20. The maximum absolute atomic E-state index is 9.96. The molecule has 2 N–H and O–H groups in total. The zero-order valence-electron chi connectivity index (χ0n) is 9.16. The van der Waals surface area contributed by atoms with E-state index in [-0.39, 0.29) is 0 Å². The van der Waals surface area contributed by atoms with Crippen molar-refractivity contribution in [3.05, 3.63) is 33.8 Å². The summed E-state index contributed by atoms with van der Waals surface area (Å²) >= 11 is 11.9. The summed E-state index contributed by atoms with van der Waals surface area (Å²) in [4.78, 5) is 0. The van der Waals surface area contributed by atoms with Gasteiger partial charge in [-0.3, -0.25) is 0 Å². The first-order valence-corrected chi connectivity index (χ1v) is 6.13. The molecule has 16 heavy (non-hydrogen) atoms. The lowest BCUT2D eigenvalue weighted by Crippen LogP contribution is -2.18. The Bertz CT molecular complexity index is 322. The number of aliphatic hydroxyl groups excluding tert-OH is 2. The van der Waals surface area contributed by atoms with Gasteiger partial charge in [-0.25, -0.2) is 0 Å². The van der Waals surface area contributed by atoms with Gasteiger partial charge in [0.25, 0.3) is 0 Å². The Labute approximate surface area is 106 Å². The summed E-state index contributed by atoms with van der Waals surface area (Å²) in [6, 6.07) is 5.01. The highest BCUT2D eigenvalue weighted by molar-refractivity contribution is 6.36. The van der Waals surface area contributed by atoms with Gasteiger partial charge in [-0.15, -0.1) is 0 Å². The Morgan fingerprint density at radius 1 is 1.19 bits per heavy atom. The highest BCUT2D eigenvalue weighted by Crippen LogP contribution is 2.32. The van der Waals surface area contributed by atoms with Crippen LogP contribution >= 0.6 is 23.2 Å². The summed E-state index contributed by atoms with van der Waals surface area (Å²) < 4.78 is 0. The second-order valence-electron chi connectivity index (χ2n) is 3.79. The molecule has 2 nitrogen and oxygen atoms in total. The molecule has 0 saturated carbocycles. The minimum absolute atomic E-state index is 0.385. The first-order chi connectivity index (χ1) is 7.57. The van der Waals surface area contributed by atoms with Crippen molar-refractivity contribution in [3.63, 3.8) is 0 Å². The molecule has 0 unspecified atom stereocenters. The third-order valence-corrected chi connectivity index (χ3v) is 3.17. The van der Waals surface area contributed by atoms with Crippen LogP contribution in [0.1, 0.15) is 37.9 Å². The van der Waals surface area contributed by atoms with Crippen molar-refractivity contribution in [2.75, 3.05) is 0 Å². The topological polar surface area (TPSA) is 40.5 Å². The van der Waals surface area contributed by atoms with E-state index in [1.54, 1.807) is 18.2 Å². The molecule has 1 aromatic rings. The lowest BCUT2D eigenvalue weighted by atomic mass is 10.0. The smallest absolute Gasteiger partial charge is 0.108 e. The molecule has 0 aliphatic rings. The monoisotopic (exact) mass is 262 g/mol. The van der Waals surface area contributed by atoms with Gasteiger partial charge < -0.3 is 10.2 Å². The van der Waals surface area contributed by atoms with Gasteiger partial charge in [-0.05, 0) is 18.6 Å². The summed E-state index contributed by atoms with van der Waals surface area (Å²) in [6.45, 7) is 2.03. The van der Waals surface area contributed by atoms with Crippen LogP contribution < -0.4 is 0 Å². The van der Waals surface area contributed by atoms with Crippen LogP contribution in [-0.4, -0.2) is 16.3 Å². The highest BCUT2D eigenvalue weighted by Gasteiger charge is 2.22. The maximum Gasteiger partial charge on any atom is 0.108 e. The molecule has 0 radical (unpaired) electrons. The summed E-state index contributed by atoms with van der Waals surface area (Å²) in [5.74, 6) is 0. The van der Waals surface area contributed by atoms with Gasteiger partial charge in [-0.2, -0.15) is 0 Å². The number of aliphatic hydroxyl groups is 2. The van der Waals surface area contributed by atoms with Gasteiger partial charge in [-0.1, -0.05) is 49.0 Å². The summed E-state index contributed by atoms with van der Waals surface area (Å²) in [5, 5.41) is 20.5. The number of halogens is 2. The quantitative estimate of drug-likeness (QED) is 0.852. The van der Waals surface area contributed by atoms with Gasteiger partial charge in [0, 0.05) is 15.6 Å². The normalized spacial score (nSPS) is 14.8. The van der Waals surface area contributed by atoms with E-state index in [0.29, 0.717) is 22.0 Å². The summed E-state index contributed by atoms with van der Waals surface area (Å²) in [7, 11) is 0. The molecule has 0 bridgehead atoms. The summed E-state index contributed by atoms with van der Waals surface area (Å²) in [5.41, 5.74) is 0.412. The number of rotatable bonds is 5. The van der Waals surface area contributed by atoms with E-state index in [4.69, 9.17) is 23.2 Å². The Kier molecular flexibility index (Phi) is 5.56. The Balaban J connectivity index is 2.82. The predicted molar refractivity (Wildman–Crippen MR) is 67.0 cm³/mol. The zero-order valence-corrected chi connectivity index (χ0v) is 10.7. The molecule has 0 aliphatic carbocycles. The summed E-state index contributed by atoms with van der Waals surface area (Å²) in [6.07, 6.45) is 0.532. The molecule has 0 fully saturated rings. The fraction of sp³-hybridized carbons (Fsp3) is 0.500. The van der Waals surface area contributed by atoms with Crippen molar-refractivity contribution in [3.8, 4) is 0 Å². The molecular weight excluding hydrogens is 247 g/mol. The Hall–Kier alpha value is -0.280. The molecule has 1 aromatic carbocycles. The number of hydrogen-bond donors (Lipinski definition) is 2. The highest BCUT2D eigenvalue weighted by atomic mass is 35.5. The van der Waals surface area contributed by atoms with Gasteiger partial charge in [0.2, 0.25) is 0 Å². The zero-order chi connectivity index (χ0) is 12.1. The molecule has 2 atom stereocenters. The SMILES string of the molecule is CCCC[C@@H](O)[C@H](O)c1c(Cl)cccc1Cl. The maximum atomic E-state index is 9.96. The van der Waals surface area contributed by atoms with E-state index < -0.39 is 12.2 Å². The second-order valence-corrected chi connectivity index (χ2v) is 4.60. The molecule has 4 heteroatoms. The number of unbranched alkanes of at least 4 members (excludes halogenated alkanes) is 1. The van der Waals surface area contributed by atoms with E-state index in [1.807, 2.05) is 6.92 Å². The fourth-order valence-corrected chi connectivity index (χ4v) is 2.18. The molecule has 1 rings (SSSR count). The third kappa shape index (κ3) is 3.36. The first kappa shape index (κ1) is 13.8. The van der Waals surface area contributed by atoms with Crippen LogP contribution in [0.25, 0.3) is 0 Å². The van der Waals surface area contributed by atoms with E-state index in [2.05, 4.69) is 0 Å². The molecule has 0 saturated heterocycles. The van der Waals surface area contributed by atoms with Gasteiger partial charge >= 0.3 is 0 Å². The lowest BCUT2D eigenvalue weighted by molar-refractivity contribution is 0.0124. The molecule has 0 amide bonds. The number of benzene rings is 1. The minimum Gasteiger partial charge on any atom is -0.390 e. The first-order valence-electron chi connectivity index (χ1n) is 5.38.